The van der Waals surface area contributed by atoms with Gasteiger partial charge in [0.05, 0.1) is 24.0 Å². The van der Waals surface area contributed by atoms with Gasteiger partial charge in [0.1, 0.15) is 0 Å². The van der Waals surface area contributed by atoms with Crippen molar-refractivity contribution in [3.63, 3.8) is 0 Å². The molecule has 1 atom stereocenters. The van der Waals surface area contributed by atoms with Crippen molar-refractivity contribution in [1.29, 1.82) is 0 Å². The lowest BCUT2D eigenvalue weighted by molar-refractivity contribution is -0.0348. The molecule has 1 saturated carbocycles. The number of para-hydroxylation sites is 1. The fourth-order valence-corrected chi connectivity index (χ4v) is 3.46. The van der Waals surface area contributed by atoms with E-state index in [4.69, 9.17) is 0 Å². The molecule has 7 heteroatoms. The number of carbonyl (C=O) groups excluding carboxylic acids is 1. The Morgan fingerprint density at radius 3 is 2.83 bits per heavy atom. The van der Waals surface area contributed by atoms with Crippen molar-refractivity contribution in [2.75, 3.05) is 18.4 Å². The van der Waals surface area contributed by atoms with E-state index in [0.29, 0.717) is 24.8 Å². The Kier molecular flexibility index (Phi) is 3.72. The molecule has 0 bridgehead atoms. The molecule has 2 fully saturated rings. The molecule has 7 nitrogen and oxygen atoms in total. The molecule has 1 aliphatic heterocycles. The molecule has 0 spiro atoms. The smallest absolute Gasteiger partial charge is 0.323 e. The second-order valence-electron chi connectivity index (χ2n) is 6.70. The molecule has 1 aromatic carbocycles. The zero-order chi connectivity index (χ0) is 16.6. The van der Waals surface area contributed by atoms with E-state index >= 15 is 0 Å². The predicted octanol–water partition coefficient (Wildman–Crippen LogP) is 2.04. The number of aliphatic hydroxyl groups is 1. The molecule has 0 radical (unpaired) electrons. The van der Waals surface area contributed by atoms with Gasteiger partial charge in [-0.15, -0.1) is 5.10 Å². The number of hydrogen-bond donors (Lipinski definition) is 2. The van der Waals surface area contributed by atoms with Crippen molar-refractivity contribution >= 4 is 11.8 Å². The number of likely N-dealkylation sites (tertiary alicyclic amines) is 1. The molecule has 24 heavy (non-hydrogen) atoms. The average Bonchev–Trinajstić information content (AvgIpc) is 3.37. The van der Waals surface area contributed by atoms with Crippen LogP contribution in [-0.4, -0.2) is 49.7 Å². The van der Waals surface area contributed by atoms with E-state index in [1.165, 1.54) is 6.20 Å². The maximum atomic E-state index is 12.6. The maximum absolute atomic E-state index is 12.6. The molecule has 1 aromatic heterocycles. The summed E-state index contributed by atoms with van der Waals surface area (Å²) in [6.45, 7) is 1.06. The summed E-state index contributed by atoms with van der Waals surface area (Å²) in [7, 11) is 0. The first kappa shape index (κ1) is 15.1. The summed E-state index contributed by atoms with van der Waals surface area (Å²) in [4.78, 5) is 14.3. The molecule has 1 aliphatic carbocycles. The molecule has 126 valence electrons. The summed E-state index contributed by atoms with van der Waals surface area (Å²) >= 11 is 0. The molecule has 2 N–H and O–H groups in total. The Morgan fingerprint density at radius 2 is 2.08 bits per heavy atom. The summed E-state index contributed by atoms with van der Waals surface area (Å²) in [6.07, 6.45) is 5.27. The lowest BCUT2D eigenvalue weighted by Crippen LogP contribution is -2.52. The summed E-state index contributed by atoms with van der Waals surface area (Å²) in [6, 6.07) is 9.32. The fourth-order valence-electron chi connectivity index (χ4n) is 3.46. The van der Waals surface area contributed by atoms with Crippen LogP contribution in [0, 0.1) is 5.92 Å². The molecule has 2 aromatic rings. The van der Waals surface area contributed by atoms with E-state index in [1.54, 1.807) is 9.58 Å². The monoisotopic (exact) mass is 327 g/mol. The molecular weight excluding hydrogens is 306 g/mol. The summed E-state index contributed by atoms with van der Waals surface area (Å²) in [5.41, 5.74) is 0.117. The third kappa shape index (κ3) is 2.87. The highest BCUT2D eigenvalue weighted by Crippen LogP contribution is 2.44. The number of anilines is 1. The zero-order valence-electron chi connectivity index (χ0n) is 13.4. The van der Waals surface area contributed by atoms with Gasteiger partial charge >= 0.3 is 6.03 Å². The van der Waals surface area contributed by atoms with Crippen LogP contribution in [0.1, 0.15) is 25.7 Å². The van der Waals surface area contributed by atoms with E-state index < -0.39 is 5.60 Å². The van der Waals surface area contributed by atoms with Crippen LogP contribution in [0.4, 0.5) is 10.6 Å². The van der Waals surface area contributed by atoms with E-state index in [-0.39, 0.29) is 6.03 Å². The third-order valence-corrected chi connectivity index (χ3v) is 4.91. The Morgan fingerprint density at radius 1 is 1.29 bits per heavy atom. The van der Waals surface area contributed by atoms with Gasteiger partial charge in [-0.2, -0.15) is 4.68 Å². The van der Waals surface area contributed by atoms with Crippen LogP contribution in [0.25, 0.3) is 5.69 Å². The van der Waals surface area contributed by atoms with Gasteiger partial charge in [-0.05, 0) is 43.7 Å². The Balaban J connectivity index is 1.48. The molecular formula is C17H21N5O2. The number of benzene rings is 1. The van der Waals surface area contributed by atoms with E-state index in [9.17, 15) is 9.90 Å². The van der Waals surface area contributed by atoms with Gasteiger partial charge in [0.25, 0.3) is 0 Å². The SMILES string of the molecule is O=C(Nc1cnnn1-c1ccccc1)N1CCCC(O)(C2CC2)C1. The van der Waals surface area contributed by atoms with Crippen LogP contribution in [-0.2, 0) is 0 Å². The second-order valence-corrected chi connectivity index (χ2v) is 6.70. The Hall–Kier alpha value is -2.41. The number of rotatable bonds is 3. The Labute approximate surface area is 140 Å². The number of carbonyl (C=O) groups is 1. The van der Waals surface area contributed by atoms with E-state index in [1.807, 2.05) is 30.3 Å². The van der Waals surface area contributed by atoms with E-state index in [0.717, 1.165) is 31.4 Å². The predicted molar refractivity (Wildman–Crippen MR) is 88.9 cm³/mol. The minimum Gasteiger partial charge on any atom is -0.388 e. The van der Waals surface area contributed by atoms with Gasteiger partial charge in [-0.3, -0.25) is 5.32 Å². The minimum absolute atomic E-state index is 0.215. The lowest BCUT2D eigenvalue weighted by Gasteiger charge is -2.39. The zero-order valence-corrected chi connectivity index (χ0v) is 13.4. The van der Waals surface area contributed by atoms with E-state index in [2.05, 4.69) is 15.6 Å². The Bertz CT molecular complexity index is 728. The largest absolute Gasteiger partial charge is 0.388 e. The number of nitrogens with zero attached hydrogens (tertiary/aromatic N) is 4. The van der Waals surface area contributed by atoms with Gasteiger partial charge in [0.2, 0.25) is 0 Å². The molecule has 2 aliphatic rings. The number of hydrogen-bond acceptors (Lipinski definition) is 4. The number of nitrogens with one attached hydrogen (secondary N) is 1. The number of β-amino-alcohol motifs (C(OH)–C–C–N with tert-alkyl or cyclic N) is 1. The second kappa shape index (κ2) is 5.90. The van der Waals surface area contributed by atoms with Crippen molar-refractivity contribution in [2.45, 2.75) is 31.3 Å². The first-order chi connectivity index (χ1) is 11.7. The van der Waals surface area contributed by atoms with Crippen molar-refractivity contribution in [3.8, 4) is 5.69 Å². The summed E-state index contributed by atoms with van der Waals surface area (Å²) in [5.74, 6) is 0.872. The van der Waals surface area contributed by atoms with Gasteiger partial charge in [0.15, 0.2) is 5.82 Å². The minimum atomic E-state index is -0.715. The first-order valence-corrected chi connectivity index (χ1v) is 8.40. The van der Waals surface area contributed by atoms with Crippen LogP contribution in [0.2, 0.25) is 0 Å². The normalized spacial score (nSPS) is 24.0. The van der Waals surface area contributed by atoms with Crippen LogP contribution in [0.15, 0.2) is 36.5 Å². The summed E-state index contributed by atoms with van der Waals surface area (Å²) in [5, 5.41) is 21.5. The summed E-state index contributed by atoms with van der Waals surface area (Å²) < 4.78 is 1.59. The van der Waals surface area contributed by atoms with Crippen LogP contribution in [0.5, 0.6) is 0 Å². The molecule has 2 amide bonds. The first-order valence-electron chi connectivity index (χ1n) is 8.40. The number of piperidine rings is 1. The standard InChI is InChI=1S/C17H21N5O2/c23-16(21-10-4-9-17(24,12-21)13-7-8-13)19-15-11-18-20-22(15)14-5-2-1-3-6-14/h1-3,5-6,11,13,24H,4,7-10,12H2,(H,19,23). The van der Waals surface area contributed by atoms with Crippen molar-refractivity contribution in [3.05, 3.63) is 36.5 Å². The van der Waals surface area contributed by atoms with Crippen molar-refractivity contribution < 1.29 is 9.90 Å². The van der Waals surface area contributed by atoms with Gasteiger partial charge in [-0.25, -0.2) is 4.79 Å². The van der Waals surface area contributed by atoms with Gasteiger partial charge in [-0.1, -0.05) is 23.4 Å². The highest BCUT2D eigenvalue weighted by Gasteiger charge is 2.46. The fraction of sp³-hybridized carbons (Fsp3) is 0.471. The molecule has 2 heterocycles. The average molecular weight is 327 g/mol. The molecule has 1 unspecified atom stereocenters. The third-order valence-electron chi connectivity index (χ3n) is 4.91. The van der Waals surface area contributed by atoms with Crippen molar-refractivity contribution in [2.24, 2.45) is 5.92 Å². The molecule has 4 rings (SSSR count). The van der Waals surface area contributed by atoms with Crippen LogP contribution < -0.4 is 5.32 Å². The van der Waals surface area contributed by atoms with Gasteiger partial charge < -0.3 is 10.0 Å². The molecule has 1 saturated heterocycles. The number of urea groups is 1. The maximum Gasteiger partial charge on any atom is 0.323 e. The van der Waals surface area contributed by atoms with Crippen LogP contribution in [0.3, 0.4) is 0 Å². The van der Waals surface area contributed by atoms with Crippen LogP contribution >= 0.6 is 0 Å². The van der Waals surface area contributed by atoms with Gasteiger partial charge in [0, 0.05) is 6.54 Å². The highest BCUT2D eigenvalue weighted by molar-refractivity contribution is 5.88. The van der Waals surface area contributed by atoms with Crippen molar-refractivity contribution in [1.82, 2.24) is 19.9 Å². The number of amides is 2. The highest BCUT2D eigenvalue weighted by atomic mass is 16.3. The quantitative estimate of drug-likeness (QED) is 0.903. The number of aromatic nitrogens is 3. The topological polar surface area (TPSA) is 83.3 Å². The lowest BCUT2D eigenvalue weighted by atomic mass is 9.88.